The molecule has 0 spiro atoms. The number of halogens is 1. The first kappa shape index (κ1) is 17.6. The third kappa shape index (κ3) is 5.99. The first-order valence-electron chi connectivity index (χ1n) is 5.71. The molecular formula is C10H22ClN3O3S. The molecule has 1 atom stereocenters. The van der Waals surface area contributed by atoms with Gasteiger partial charge in [0.1, 0.15) is 5.54 Å². The number of nitrogens with one attached hydrogen (secondary N) is 3. The molecule has 8 heteroatoms. The van der Waals surface area contributed by atoms with Crippen LogP contribution in [-0.2, 0) is 14.8 Å². The van der Waals surface area contributed by atoms with E-state index in [-0.39, 0.29) is 24.4 Å². The molecule has 1 fully saturated rings. The molecule has 1 saturated heterocycles. The van der Waals surface area contributed by atoms with Crippen molar-refractivity contribution in [3.8, 4) is 0 Å². The molecule has 0 saturated carbocycles. The predicted octanol–water partition coefficient (Wildman–Crippen LogP) is -0.396. The SMILES string of the molecule is CC(C)(NS(C)(=O)=O)C(=O)NC1CCCNC1.Cl. The molecule has 1 aliphatic heterocycles. The number of sulfonamides is 1. The first-order valence-corrected chi connectivity index (χ1v) is 7.60. The van der Waals surface area contributed by atoms with E-state index in [2.05, 4.69) is 15.4 Å². The molecule has 1 unspecified atom stereocenters. The van der Waals surface area contributed by atoms with Gasteiger partial charge in [-0.3, -0.25) is 4.79 Å². The average Bonchev–Trinajstić information content (AvgIpc) is 2.15. The van der Waals surface area contributed by atoms with Crippen molar-refractivity contribution < 1.29 is 13.2 Å². The van der Waals surface area contributed by atoms with Gasteiger partial charge in [-0.1, -0.05) is 0 Å². The summed E-state index contributed by atoms with van der Waals surface area (Å²) in [4.78, 5) is 11.9. The summed E-state index contributed by atoms with van der Waals surface area (Å²) >= 11 is 0. The third-order valence-corrected chi connectivity index (χ3v) is 3.52. The minimum Gasteiger partial charge on any atom is -0.350 e. The van der Waals surface area contributed by atoms with Crippen LogP contribution in [0.5, 0.6) is 0 Å². The lowest BCUT2D eigenvalue weighted by atomic mass is 10.0. The summed E-state index contributed by atoms with van der Waals surface area (Å²) in [6, 6.07) is 0.0804. The summed E-state index contributed by atoms with van der Waals surface area (Å²) in [7, 11) is -3.39. The number of carbonyl (C=O) groups is 1. The van der Waals surface area contributed by atoms with Gasteiger partial charge in [0.15, 0.2) is 0 Å². The lowest BCUT2D eigenvalue weighted by Gasteiger charge is -2.29. The van der Waals surface area contributed by atoms with Gasteiger partial charge < -0.3 is 10.6 Å². The normalized spacial score (nSPS) is 20.9. The molecule has 0 aliphatic carbocycles. The second kappa shape index (κ2) is 6.70. The van der Waals surface area contributed by atoms with Crippen LogP contribution >= 0.6 is 12.4 Å². The number of rotatable bonds is 4. The standard InChI is InChI=1S/C10H21N3O3S.ClH/c1-10(2,13-17(3,15)16)9(14)12-8-5-4-6-11-7-8;/h8,11,13H,4-7H2,1-3H3,(H,12,14);1H. The van der Waals surface area contributed by atoms with E-state index in [1.54, 1.807) is 13.8 Å². The Morgan fingerprint density at radius 1 is 1.39 bits per heavy atom. The molecule has 18 heavy (non-hydrogen) atoms. The van der Waals surface area contributed by atoms with E-state index in [0.29, 0.717) is 0 Å². The summed E-state index contributed by atoms with van der Waals surface area (Å²) < 4.78 is 24.6. The maximum Gasteiger partial charge on any atom is 0.240 e. The van der Waals surface area contributed by atoms with Crippen molar-refractivity contribution in [3.05, 3.63) is 0 Å². The van der Waals surface area contributed by atoms with Gasteiger partial charge in [0.05, 0.1) is 6.26 Å². The second-order valence-electron chi connectivity index (χ2n) is 5.02. The Kier molecular flexibility index (Phi) is 6.56. The molecule has 3 N–H and O–H groups in total. The second-order valence-corrected chi connectivity index (χ2v) is 6.76. The van der Waals surface area contributed by atoms with Gasteiger partial charge in [0.25, 0.3) is 0 Å². The number of amides is 1. The fourth-order valence-electron chi connectivity index (χ4n) is 1.85. The van der Waals surface area contributed by atoms with E-state index in [1.165, 1.54) is 0 Å². The van der Waals surface area contributed by atoms with Gasteiger partial charge in [-0.2, -0.15) is 0 Å². The summed E-state index contributed by atoms with van der Waals surface area (Å²) in [6.07, 6.45) is 2.99. The van der Waals surface area contributed by atoms with Crippen molar-refractivity contribution >= 4 is 28.3 Å². The van der Waals surface area contributed by atoms with Crippen LogP contribution < -0.4 is 15.4 Å². The highest BCUT2D eigenvalue weighted by atomic mass is 35.5. The number of carbonyl (C=O) groups excluding carboxylic acids is 1. The zero-order valence-electron chi connectivity index (χ0n) is 10.9. The van der Waals surface area contributed by atoms with E-state index in [4.69, 9.17) is 0 Å². The fourth-order valence-corrected chi connectivity index (χ4v) is 2.87. The zero-order chi connectivity index (χ0) is 13.1. The Morgan fingerprint density at radius 2 is 2.00 bits per heavy atom. The molecule has 1 aliphatic rings. The lowest BCUT2D eigenvalue weighted by Crippen LogP contribution is -2.58. The molecular weight excluding hydrogens is 278 g/mol. The molecule has 0 aromatic rings. The van der Waals surface area contributed by atoms with Crippen LogP contribution in [0.25, 0.3) is 0 Å². The lowest BCUT2D eigenvalue weighted by molar-refractivity contribution is -0.126. The van der Waals surface area contributed by atoms with Gasteiger partial charge >= 0.3 is 0 Å². The summed E-state index contributed by atoms with van der Waals surface area (Å²) in [5, 5.41) is 6.04. The van der Waals surface area contributed by atoms with E-state index in [9.17, 15) is 13.2 Å². The summed E-state index contributed by atoms with van der Waals surface area (Å²) in [5.41, 5.74) is -1.12. The largest absolute Gasteiger partial charge is 0.350 e. The maximum absolute atomic E-state index is 11.9. The van der Waals surface area contributed by atoms with Crippen LogP contribution in [0.1, 0.15) is 26.7 Å². The van der Waals surface area contributed by atoms with E-state index in [0.717, 1.165) is 32.2 Å². The molecule has 1 rings (SSSR count). The number of hydrogen-bond donors (Lipinski definition) is 3. The number of piperidine rings is 1. The molecule has 0 aromatic heterocycles. The molecule has 0 radical (unpaired) electrons. The van der Waals surface area contributed by atoms with Crippen molar-refractivity contribution in [3.63, 3.8) is 0 Å². The van der Waals surface area contributed by atoms with Crippen molar-refractivity contribution in [2.75, 3.05) is 19.3 Å². The summed E-state index contributed by atoms with van der Waals surface area (Å²) in [6.45, 7) is 4.82. The highest BCUT2D eigenvalue weighted by Gasteiger charge is 2.32. The smallest absolute Gasteiger partial charge is 0.240 e. The Bertz CT molecular complexity index is 378. The molecule has 1 amide bonds. The van der Waals surface area contributed by atoms with Crippen molar-refractivity contribution in [2.24, 2.45) is 0 Å². The Labute approximate surface area is 115 Å². The Morgan fingerprint density at radius 3 is 2.44 bits per heavy atom. The Hall–Kier alpha value is -0.370. The van der Waals surface area contributed by atoms with Gasteiger partial charge in [0.2, 0.25) is 15.9 Å². The van der Waals surface area contributed by atoms with Crippen molar-refractivity contribution in [1.82, 2.24) is 15.4 Å². The maximum atomic E-state index is 11.9. The van der Waals surface area contributed by atoms with Gasteiger partial charge in [-0.05, 0) is 33.2 Å². The molecule has 108 valence electrons. The van der Waals surface area contributed by atoms with Gasteiger partial charge in [-0.15, -0.1) is 12.4 Å². The zero-order valence-corrected chi connectivity index (χ0v) is 12.6. The van der Waals surface area contributed by atoms with E-state index >= 15 is 0 Å². The predicted molar refractivity (Wildman–Crippen MR) is 73.3 cm³/mol. The van der Waals surface area contributed by atoms with E-state index < -0.39 is 15.6 Å². The van der Waals surface area contributed by atoms with Crippen molar-refractivity contribution in [1.29, 1.82) is 0 Å². The van der Waals surface area contributed by atoms with Crippen LogP contribution in [-0.4, -0.2) is 45.3 Å². The van der Waals surface area contributed by atoms with Crippen molar-refractivity contribution in [2.45, 2.75) is 38.3 Å². The average molecular weight is 300 g/mol. The minimum absolute atomic E-state index is 0. The van der Waals surface area contributed by atoms with Crippen LogP contribution in [0, 0.1) is 0 Å². The first-order chi connectivity index (χ1) is 7.71. The highest BCUT2D eigenvalue weighted by molar-refractivity contribution is 7.88. The summed E-state index contributed by atoms with van der Waals surface area (Å²) in [5.74, 6) is -0.295. The topological polar surface area (TPSA) is 87.3 Å². The number of hydrogen-bond acceptors (Lipinski definition) is 4. The van der Waals surface area contributed by atoms with E-state index in [1.807, 2.05) is 0 Å². The quantitative estimate of drug-likeness (QED) is 0.659. The third-order valence-electron chi connectivity index (χ3n) is 2.64. The molecule has 6 nitrogen and oxygen atoms in total. The highest BCUT2D eigenvalue weighted by Crippen LogP contribution is 2.07. The van der Waals surface area contributed by atoms with Crippen LogP contribution in [0.4, 0.5) is 0 Å². The minimum atomic E-state index is -3.39. The van der Waals surface area contributed by atoms with Crippen LogP contribution in [0.3, 0.4) is 0 Å². The van der Waals surface area contributed by atoms with Crippen LogP contribution in [0.2, 0.25) is 0 Å². The van der Waals surface area contributed by atoms with Gasteiger partial charge in [0, 0.05) is 12.6 Å². The van der Waals surface area contributed by atoms with Gasteiger partial charge in [-0.25, -0.2) is 13.1 Å². The monoisotopic (exact) mass is 299 g/mol. The van der Waals surface area contributed by atoms with Crippen LogP contribution in [0.15, 0.2) is 0 Å². The fraction of sp³-hybridized carbons (Fsp3) is 0.900. The molecule has 1 heterocycles. The molecule has 0 aromatic carbocycles. The Balaban J connectivity index is 0.00000289. The molecule has 0 bridgehead atoms.